The van der Waals surface area contributed by atoms with Crippen LogP contribution in [0.15, 0.2) is 24.3 Å². The summed E-state index contributed by atoms with van der Waals surface area (Å²) in [7, 11) is 1.25. The Balaban J connectivity index is 4.43. The second-order valence-electron chi connectivity index (χ2n) is 15.3. The molecule has 0 radical (unpaired) electrons. The van der Waals surface area contributed by atoms with Crippen LogP contribution in [0.3, 0.4) is 0 Å². The zero-order valence-corrected chi connectivity index (χ0v) is 34.2. The van der Waals surface area contributed by atoms with Crippen LogP contribution in [-0.4, -0.2) is 68.5 Å². The van der Waals surface area contributed by atoms with Crippen molar-refractivity contribution in [3.8, 4) is 0 Å². The lowest BCUT2D eigenvalue weighted by molar-refractivity contribution is -0.870. The van der Waals surface area contributed by atoms with Crippen LogP contribution in [0.25, 0.3) is 0 Å². The lowest BCUT2D eigenvalue weighted by Gasteiger charge is -2.29. The molecule has 0 spiro atoms. The average Bonchev–Trinajstić information content (AvgIpc) is 3.06. The van der Waals surface area contributed by atoms with Crippen molar-refractivity contribution in [2.24, 2.45) is 0 Å². The Kier molecular flexibility index (Phi) is 33.1. The van der Waals surface area contributed by atoms with Crippen LogP contribution in [0.2, 0.25) is 0 Å². The third-order valence-corrected chi connectivity index (χ3v) is 10.1. The standard InChI is InChI=1S/C41H81N2O6P/c1-6-8-10-12-14-16-18-19-20-21-22-23-25-27-29-31-33-35-41(45)42-39(38-49-50(46,47)48-37-36-43(3,4)5)40(44)34-32-30-28-26-24-17-15-13-11-9-7-2/h24,26,32,34,39-40,44H,6-23,25,27-31,33,35-38H2,1-5H3,(H-,42,45,46,47)/b26-24+,34-32+/t39-,40+/m0/s1. The maximum absolute atomic E-state index is 12.8. The van der Waals surface area contributed by atoms with Crippen molar-refractivity contribution < 1.29 is 32.9 Å². The van der Waals surface area contributed by atoms with Crippen molar-refractivity contribution in [1.29, 1.82) is 0 Å². The fraction of sp³-hybridized carbons (Fsp3) is 0.878. The van der Waals surface area contributed by atoms with Gasteiger partial charge in [0.15, 0.2) is 0 Å². The molecule has 8 nitrogen and oxygen atoms in total. The van der Waals surface area contributed by atoms with Crippen LogP contribution in [0.4, 0.5) is 0 Å². The Bertz CT molecular complexity index is 876. The summed E-state index contributed by atoms with van der Waals surface area (Å²) < 4.78 is 23.1. The number of nitrogens with zero attached hydrogens (tertiary/aromatic N) is 1. The van der Waals surface area contributed by atoms with E-state index in [9.17, 15) is 19.4 Å². The maximum Gasteiger partial charge on any atom is 0.268 e. The first kappa shape index (κ1) is 49.0. The minimum absolute atomic E-state index is 0.00464. The Labute approximate surface area is 309 Å². The molecular weight excluding hydrogens is 647 g/mol. The van der Waals surface area contributed by atoms with Crippen molar-refractivity contribution in [3.05, 3.63) is 24.3 Å². The number of carbonyl (C=O) groups excluding carboxylic acids is 1. The van der Waals surface area contributed by atoms with Gasteiger partial charge in [-0.15, -0.1) is 0 Å². The van der Waals surface area contributed by atoms with Crippen LogP contribution >= 0.6 is 7.82 Å². The smallest absolute Gasteiger partial charge is 0.268 e. The molecule has 0 aromatic rings. The van der Waals surface area contributed by atoms with E-state index >= 15 is 0 Å². The Hall–Kier alpha value is -1.02. The monoisotopic (exact) mass is 729 g/mol. The number of amides is 1. The second kappa shape index (κ2) is 33.8. The highest BCUT2D eigenvalue weighted by Gasteiger charge is 2.23. The molecule has 3 atom stereocenters. The van der Waals surface area contributed by atoms with Crippen LogP contribution in [0.1, 0.15) is 181 Å². The highest BCUT2D eigenvalue weighted by molar-refractivity contribution is 7.45. The highest BCUT2D eigenvalue weighted by Crippen LogP contribution is 2.38. The van der Waals surface area contributed by atoms with Crippen molar-refractivity contribution in [3.63, 3.8) is 0 Å². The molecule has 50 heavy (non-hydrogen) atoms. The van der Waals surface area contributed by atoms with Crippen LogP contribution in [0, 0.1) is 0 Å². The number of likely N-dealkylation sites (N-methyl/N-ethyl adjacent to an activating group) is 1. The Morgan fingerprint density at radius 2 is 1.12 bits per heavy atom. The van der Waals surface area contributed by atoms with Crippen molar-refractivity contribution in [2.75, 3.05) is 40.9 Å². The number of nitrogens with one attached hydrogen (secondary N) is 1. The molecular formula is C41H81N2O6P. The quantitative estimate of drug-likeness (QED) is 0.0285. The molecule has 296 valence electrons. The van der Waals surface area contributed by atoms with Gasteiger partial charge in [-0.25, -0.2) is 0 Å². The Morgan fingerprint density at radius 1 is 0.680 bits per heavy atom. The number of hydrogen-bond acceptors (Lipinski definition) is 6. The van der Waals surface area contributed by atoms with E-state index in [0.29, 0.717) is 17.4 Å². The third kappa shape index (κ3) is 35.4. The summed E-state index contributed by atoms with van der Waals surface area (Å²) in [6, 6.07) is -0.896. The molecule has 0 saturated carbocycles. The van der Waals surface area contributed by atoms with E-state index in [-0.39, 0.29) is 19.1 Å². The van der Waals surface area contributed by atoms with Gasteiger partial charge < -0.3 is 28.8 Å². The minimum Gasteiger partial charge on any atom is -0.756 e. The molecule has 9 heteroatoms. The first-order chi connectivity index (χ1) is 24.0. The first-order valence-corrected chi connectivity index (χ1v) is 22.2. The van der Waals surface area contributed by atoms with Gasteiger partial charge in [0.1, 0.15) is 13.2 Å². The number of rotatable bonds is 37. The number of quaternary nitrogens is 1. The van der Waals surface area contributed by atoms with E-state index in [1.54, 1.807) is 6.08 Å². The fourth-order valence-electron chi connectivity index (χ4n) is 5.81. The van der Waals surface area contributed by atoms with Crippen LogP contribution in [-0.2, 0) is 18.4 Å². The van der Waals surface area contributed by atoms with Crippen LogP contribution in [0.5, 0.6) is 0 Å². The van der Waals surface area contributed by atoms with Gasteiger partial charge in [0.05, 0.1) is 39.9 Å². The van der Waals surface area contributed by atoms with Gasteiger partial charge in [-0.2, -0.15) is 0 Å². The zero-order chi connectivity index (χ0) is 37.2. The number of allylic oxidation sites excluding steroid dienone is 3. The van der Waals surface area contributed by atoms with Gasteiger partial charge in [-0.05, 0) is 32.1 Å². The fourth-order valence-corrected chi connectivity index (χ4v) is 6.54. The topological polar surface area (TPSA) is 108 Å². The highest BCUT2D eigenvalue weighted by atomic mass is 31.2. The molecule has 0 aliphatic heterocycles. The van der Waals surface area contributed by atoms with Gasteiger partial charge in [0.2, 0.25) is 5.91 Å². The SMILES string of the molecule is CCCCCCC/C=C/CC/C=C/[C@@H](O)[C@H](COP(=O)([O-])OCC[N+](C)(C)C)NC(=O)CCCCCCCCCCCCCCCCCCC. The number of phosphoric acid groups is 1. The maximum atomic E-state index is 12.8. The van der Waals surface area contributed by atoms with Crippen molar-refractivity contribution in [1.82, 2.24) is 5.32 Å². The normalized spacial score (nSPS) is 14.8. The first-order valence-electron chi connectivity index (χ1n) is 20.7. The summed E-state index contributed by atoms with van der Waals surface area (Å²) >= 11 is 0. The van der Waals surface area contributed by atoms with E-state index in [1.165, 1.54) is 122 Å². The van der Waals surface area contributed by atoms with Crippen LogP contribution < -0.4 is 10.2 Å². The Morgan fingerprint density at radius 3 is 1.62 bits per heavy atom. The van der Waals surface area contributed by atoms with E-state index in [2.05, 4.69) is 31.3 Å². The molecule has 2 N–H and O–H groups in total. The molecule has 1 amide bonds. The third-order valence-electron chi connectivity index (χ3n) is 9.16. The molecule has 0 fully saturated rings. The molecule has 0 aromatic heterocycles. The number of phosphoric ester groups is 1. The molecule has 0 aliphatic carbocycles. The van der Waals surface area contributed by atoms with Gasteiger partial charge in [-0.3, -0.25) is 9.36 Å². The molecule has 0 aliphatic rings. The summed E-state index contributed by atoms with van der Waals surface area (Å²) in [5, 5.41) is 13.7. The van der Waals surface area contributed by atoms with E-state index in [4.69, 9.17) is 9.05 Å². The molecule has 0 heterocycles. The van der Waals surface area contributed by atoms with Gasteiger partial charge in [-0.1, -0.05) is 167 Å². The summed E-state index contributed by atoms with van der Waals surface area (Å²) in [6.45, 7) is 4.59. The zero-order valence-electron chi connectivity index (χ0n) is 33.4. The minimum atomic E-state index is -4.58. The number of hydrogen-bond donors (Lipinski definition) is 2. The second-order valence-corrected chi connectivity index (χ2v) is 16.8. The summed E-state index contributed by atoms with van der Waals surface area (Å²) in [6.07, 6.45) is 37.9. The molecule has 0 rings (SSSR count). The average molecular weight is 729 g/mol. The van der Waals surface area contributed by atoms with E-state index in [1.807, 2.05) is 27.2 Å². The molecule has 0 bridgehead atoms. The van der Waals surface area contributed by atoms with Crippen molar-refractivity contribution in [2.45, 2.75) is 193 Å². The van der Waals surface area contributed by atoms with Gasteiger partial charge in [0.25, 0.3) is 7.82 Å². The van der Waals surface area contributed by atoms with Gasteiger partial charge >= 0.3 is 0 Å². The number of aliphatic hydroxyl groups excluding tert-OH is 1. The predicted octanol–water partition coefficient (Wildman–Crippen LogP) is 10.3. The van der Waals surface area contributed by atoms with E-state index in [0.717, 1.165) is 38.5 Å². The largest absolute Gasteiger partial charge is 0.756 e. The molecule has 1 unspecified atom stereocenters. The summed E-state index contributed by atoms with van der Waals surface area (Å²) in [5.41, 5.74) is 0. The summed E-state index contributed by atoms with van der Waals surface area (Å²) in [5.74, 6) is -0.208. The summed E-state index contributed by atoms with van der Waals surface area (Å²) in [4.78, 5) is 25.2. The lowest BCUT2D eigenvalue weighted by atomic mass is 10.0. The predicted molar refractivity (Wildman–Crippen MR) is 210 cm³/mol. The molecule has 0 aromatic carbocycles. The lowest BCUT2D eigenvalue weighted by Crippen LogP contribution is -2.45. The number of aliphatic hydroxyl groups is 1. The molecule has 0 saturated heterocycles. The number of carbonyl (C=O) groups is 1. The van der Waals surface area contributed by atoms with E-state index < -0.39 is 20.0 Å². The van der Waals surface area contributed by atoms with Gasteiger partial charge in [0, 0.05) is 6.42 Å². The van der Waals surface area contributed by atoms with Crippen molar-refractivity contribution >= 4 is 13.7 Å². The number of unbranched alkanes of at least 4 members (excludes halogenated alkanes) is 22.